The Labute approximate surface area is 101 Å². The molecule has 1 aromatic carbocycles. The number of hydrogen-bond acceptors (Lipinski definition) is 1. The lowest BCUT2D eigenvalue weighted by Crippen LogP contribution is -2.40. The summed E-state index contributed by atoms with van der Waals surface area (Å²) in [5.74, 6) is 1.76. The normalized spacial score (nSPS) is 27.8. The highest BCUT2D eigenvalue weighted by Crippen LogP contribution is 2.36. The van der Waals surface area contributed by atoms with Crippen LogP contribution >= 0.6 is 0 Å². The molecular formula is C15H18N2. The van der Waals surface area contributed by atoms with Crippen molar-refractivity contribution in [2.24, 2.45) is 11.8 Å². The molecule has 4 rings (SSSR count). The molecule has 2 unspecified atom stereocenters. The van der Waals surface area contributed by atoms with E-state index in [1.165, 1.54) is 48.9 Å². The summed E-state index contributed by atoms with van der Waals surface area (Å²) in [7, 11) is 0. The van der Waals surface area contributed by atoms with E-state index in [2.05, 4.69) is 34.6 Å². The number of para-hydroxylation sites is 1. The van der Waals surface area contributed by atoms with E-state index in [0.717, 1.165) is 11.8 Å². The van der Waals surface area contributed by atoms with Gasteiger partial charge in [0.25, 0.3) is 0 Å². The Morgan fingerprint density at radius 1 is 1.06 bits per heavy atom. The smallest absolute Gasteiger partial charge is 0.0458 e. The maximum absolute atomic E-state index is 3.63. The van der Waals surface area contributed by atoms with Crippen molar-refractivity contribution in [3.8, 4) is 0 Å². The lowest BCUT2D eigenvalue weighted by atomic mass is 9.74. The first kappa shape index (κ1) is 9.72. The SMILES string of the molecule is c1ccc2c3c([nH]c2c1)CC1CCNCC1C3. The zero-order valence-electron chi connectivity index (χ0n) is 10.00. The summed E-state index contributed by atoms with van der Waals surface area (Å²) in [6, 6.07) is 8.75. The van der Waals surface area contributed by atoms with Crippen LogP contribution < -0.4 is 5.32 Å². The van der Waals surface area contributed by atoms with Crippen LogP contribution in [0.5, 0.6) is 0 Å². The second-order valence-corrected chi connectivity index (χ2v) is 5.55. The minimum absolute atomic E-state index is 0.857. The summed E-state index contributed by atoms with van der Waals surface area (Å²) in [5, 5.41) is 5.00. The fourth-order valence-electron chi connectivity index (χ4n) is 3.67. The molecule has 2 atom stereocenters. The van der Waals surface area contributed by atoms with Gasteiger partial charge in [0.05, 0.1) is 0 Å². The van der Waals surface area contributed by atoms with Crippen LogP contribution in [-0.2, 0) is 12.8 Å². The first-order valence-corrected chi connectivity index (χ1v) is 6.71. The number of H-pyrrole nitrogens is 1. The Hall–Kier alpha value is -1.28. The van der Waals surface area contributed by atoms with E-state index in [1.54, 1.807) is 5.56 Å². The number of nitrogens with one attached hydrogen (secondary N) is 2. The van der Waals surface area contributed by atoms with E-state index in [1.807, 2.05) is 0 Å². The minimum atomic E-state index is 0.857. The predicted octanol–water partition coefficient (Wildman–Crippen LogP) is 2.49. The van der Waals surface area contributed by atoms with Crippen molar-refractivity contribution in [2.45, 2.75) is 19.3 Å². The second kappa shape index (κ2) is 3.61. The summed E-state index contributed by atoms with van der Waals surface area (Å²) in [6.07, 6.45) is 3.87. The lowest BCUT2D eigenvalue weighted by Gasteiger charge is -2.35. The minimum Gasteiger partial charge on any atom is -0.358 e. The van der Waals surface area contributed by atoms with Crippen LogP contribution in [-0.4, -0.2) is 18.1 Å². The van der Waals surface area contributed by atoms with Gasteiger partial charge >= 0.3 is 0 Å². The molecule has 0 amide bonds. The van der Waals surface area contributed by atoms with Crippen LogP contribution in [0.4, 0.5) is 0 Å². The molecule has 2 heteroatoms. The van der Waals surface area contributed by atoms with Crippen LogP contribution in [0.15, 0.2) is 24.3 Å². The lowest BCUT2D eigenvalue weighted by molar-refractivity contribution is 0.236. The zero-order valence-corrected chi connectivity index (χ0v) is 10.00. The molecule has 0 saturated carbocycles. The summed E-state index contributed by atoms with van der Waals surface area (Å²) < 4.78 is 0. The molecular weight excluding hydrogens is 208 g/mol. The molecule has 2 heterocycles. The molecule has 17 heavy (non-hydrogen) atoms. The molecule has 0 bridgehead atoms. The van der Waals surface area contributed by atoms with Gasteiger partial charge in [-0.2, -0.15) is 0 Å². The Morgan fingerprint density at radius 2 is 2.00 bits per heavy atom. The van der Waals surface area contributed by atoms with Crippen molar-refractivity contribution in [3.63, 3.8) is 0 Å². The molecule has 1 aliphatic heterocycles. The number of fused-ring (bicyclic) bond motifs is 4. The topological polar surface area (TPSA) is 27.8 Å². The van der Waals surface area contributed by atoms with Gasteiger partial charge in [-0.1, -0.05) is 18.2 Å². The molecule has 2 nitrogen and oxygen atoms in total. The maximum atomic E-state index is 3.63. The summed E-state index contributed by atoms with van der Waals surface area (Å²) in [5.41, 5.74) is 4.42. The molecule has 1 aromatic heterocycles. The highest BCUT2D eigenvalue weighted by atomic mass is 14.9. The standard InChI is InChI=1S/C15H18N2/c1-2-4-14-12(3-1)13-7-11-9-16-6-5-10(11)8-15(13)17-14/h1-4,10-11,16-17H,5-9H2. The van der Waals surface area contributed by atoms with E-state index < -0.39 is 0 Å². The van der Waals surface area contributed by atoms with Crippen LogP contribution in [0.3, 0.4) is 0 Å². The van der Waals surface area contributed by atoms with Crippen molar-refractivity contribution in [2.75, 3.05) is 13.1 Å². The molecule has 2 aromatic rings. The predicted molar refractivity (Wildman–Crippen MR) is 70.2 cm³/mol. The monoisotopic (exact) mass is 226 g/mol. The molecule has 1 saturated heterocycles. The van der Waals surface area contributed by atoms with Gasteiger partial charge in [0.15, 0.2) is 0 Å². The van der Waals surface area contributed by atoms with Gasteiger partial charge < -0.3 is 10.3 Å². The number of aromatic nitrogens is 1. The highest BCUT2D eigenvalue weighted by molar-refractivity contribution is 5.84. The van der Waals surface area contributed by atoms with Crippen LogP contribution in [0.1, 0.15) is 17.7 Å². The summed E-state index contributed by atoms with van der Waals surface area (Å²) in [6.45, 7) is 2.42. The van der Waals surface area contributed by atoms with Crippen LogP contribution in [0.2, 0.25) is 0 Å². The van der Waals surface area contributed by atoms with Crippen molar-refractivity contribution in [3.05, 3.63) is 35.5 Å². The molecule has 1 fully saturated rings. The Kier molecular flexibility index (Phi) is 2.06. The summed E-state index contributed by atoms with van der Waals surface area (Å²) in [4.78, 5) is 3.63. The zero-order chi connectivity index (χ0) is 11.2. The van der Waals surface area contributed by atoms with E-state index in [9.17, 15) is 0 Å². The Balaban J connectivity index is 1.83. The van der Waals surface area contributed by atoms with Gasteiger partial charge in [0.2, 0.25) is 0 Å². The van der Waals surface area contributed by atoms with Crippen LogP contribution in [0, 0.1) is 11.8 Å². The Morgan fingerprint density at radius 3 is 3.00 bits per heavy atom. The van der Waals surface area contributed by atoms with Gasteiger partial charge in [-0.05, 0) is 55.8 Å². The average Bonchev–Trinajstić information content (AvgIpc) is 2.73. The molecule has 88 valence electrons. The van der Waals surface area contributed by atoms with Crippen molar-refractivity contribution >= 4 is 10.9 Å². The van der Waals surface area contributed by atoms with Crippen LogP contribution in [0.25, 0.3) is 10.9 Å². The first-order chi connectivity index (χ1) is 8.42. The molecule has 0 spiro atoms. The van der Waals surface area contributed by atoms with E-state index in [0.29, 0.717) is 0 Å². The third kappa shape index (κ3) is 1.44. The Bertz CT molecular complexity index is 555. The largest absolute Gasteiger partial charge is 0.358 e. The third-order valence-electron chi connectivity index (χ3n) is 4.60. The van der Waals surface area contributed by atoms with Gasteiger partial charge in [-0.3, -0.25) is 0 Å². The van der Waals surface area contributed by atoms with Crippen molar-refractivity contribution in [1.82, 2.24) is 10.3 Å². The molecule has 2 N–H and O–H groups in total. The first-order valence-electron chi connectivity index (χ1n) is 6.71. The third-order valence-corrected chi connectivity index (χ3v) is 4.60. The maximum Gasteiger partial charge on any atom is 0.0458 e. The van der Waals surface area contributed by atoms with Crippen molar-refractivity contribution < 1.29 is 0 Å². The highest BCUT2D eigenvalue weighted by Gasteiger charge is 2.32. The number of benzene rings is 1. The van der Waals surface area contributed by atoms with Gasteiger partial charge in [0, 0.05) is 16.6 Å². The van der Waals surface area contributed by atoms with Gasteiger partial charge in [-0.15, -0.1) is 0 Å². The van der Waals surface area contributed by atoms with E-state index in [4.69, 9.17) is 0 Å². The number of rotatable bonds is 0. The fraction of sp³-hybridized carbons (Fsp3) is 0.467. The van der Waals surface area contributed by atoms with Crippen molar-refractivity contribution in [1.29, 1.82) is 0 Å². The van der Waals surface area contributed by atoms with Gasteiger partial charge in [0.1, 0.15) is 0 Å². The quantitative estimate of drug-likeness (QED) is 0.709. The number of aromatic amines is 1. The number of hydrogen-bond donors (Lipinski definition) is 2. The molecule has 1 aliphatic carbocycles. The van der Waals surface area contributed by atoms with E-state index in [-0.39, 0.29) is 0 Å². The van der Waals surface area contributed by atoms with E-state index >= 15 is 0 Å². The number of piperidine rings is 1. The summed E-state index contributed by atoms with van der Waals surface area (Å²) >= 11 is 0. The average molecular weight is 226 g/mol. The van der Waals surface area contributed by atoms with Gasteiger partial charge in [-0.25, -0.2) is 0 Å². The molecule has 2 aliphatic rings. The fourth-order valence-corrected chi connectivity index (χ4v) is 3.67. The molecule has 0 radical (unpaired) electrons. The second-order valence-electron chi connectivity index (χ2n) is 5.55.